The number of hydrogen-bond acceptors (Lipinski definition) is 6. The van der Waals surface area contributed by atoms with Gasteiger partial charge in [-0.2, -0.15) is 0 Å². The van der Waals surface area contributed by atoms with E-state index in [-0.39, 0.29) is 17.1 Å². The lowest BCUT2D eigenvalue weighted by Gasteiger charge is -2.10. The summed E-state index contributed by atoms with van der Waals surface area (Å²) < 4.78 is 12.1. The first kappa shape index (κ1) is 19.0. The number of hydroxylamine groups is 1. The van der Waals surface area contributed by atoms with Crippen molar-refractivity contribution >= 4 is 18.0 Å². The number of benzene rings is 1. The zero-order valence-electron chi connectivity index (χ0n) is 12.7. The molecule has 5 N–H and O–H groups in total. The summed E-state index contributed by atoms with van der Waals surface area (Å²) in [5.41, 5.74) is 1.93. The lowest BCUT2D eigenvalue weighted by Crippen LogP contribution is -2.20. The Hall–Kier alpha value is -3.04. The van der Waals surface area contributed by atoms with Gasteiger partial charge in [-0.3, -0.25) is 14.8 Å². The van der Waals surface area contributed by atoms with E-state index in [0.29, 0.717) is 6.41 Å². The monoisotopic (exact) mass is 337 g/mol. The van der Waals surface area contributed by atoms with Gasteiger partial charge >= 0.3 is 0 Å². The summed E-state index contributed by atoms with van der Waals surface area (Å²) in [7, 11) is 0. The van der Waals surface area contributed by atoms with E-state index in [2.05, 4.69) is 10.3 Å². The first-order valence-electron chi connectivity index (χ1n) is 6.63. The van der Waals surface area contributed by atoms with Crippen LogP contribution in [0.3, 0.4) is 0 Å². The van der Waals surface area contributed by atoms with Gasteiger partial charge in [0.2, 0.25) is 6.41 Å². The predicted octanol–water partition coefficient (Wildman–Crippen LogP) is 1.10. The summed E-state index contributed by atoms with van der Waals surface area (Å²) >= 11 is 0. The average molecular weight is 337 g/mol. The maximum absolute atomic E-state index is 12.1. The number of rotatable bonds is 4. The van der Waals surface area contributed by atoms with Crippen molar-refractivity contribution in [3.8, 4) is 5.75 Å². The van der Waals surface area contributed by atoms with Crippen LogP contribution in [0, 0.1) is 12.7 Å². The van der Waals surface area contributed by atoms with Crippen molar-refractivity contribution in [1.82, 2.24) is 10.5 Å². The fourth-order valence-corrected chi connectivity index (χ4v) is 1.64. The molecule has 0 saturated heterocycles. The molecule has 128 valence electrons. The first-order chi connectivity index (χ1) is 11.4. The van der Waals surface area contributed by atoms with E-state index in [1.54, 1.807) is 12.1 Å². The first-order valence-corrected chi connectivity index (χ1v) is 6.63. The summed E-state index contributed by atoms with van der Waals surface area (Å²) in [6.45, 7) is 1.33. The van der Waals surface area contributed by atoms with Gasteiger partial charge in [-0.15, -0.1) is 0 Å². The molecule has 0 atom stereocenters. The van der Waals surface area contributed by atoms with Gasteiger partial charge in [-0.1, -0.05) is 17.7 Å². The van der Waals surface area contributed by atoms with Crippen LogP contribution in [-0.4, -0.2) is 32.7 Å². The van der Waals surface area contributed by atoms with Crippen LogP contribution in [0.5, 0.6) is 5.75 Å². The predicted molar refractivity (Wildman–Crippen MR) is 81.9 cm³/mol. The van der Waals surface area contributed by atoms with Crippen LogP contribution in [-0.2, 0) is 11.4 Å². The minimum atomic E-state index is -1.02. The molecule has 1 heterocycles. The van der Waals surface area contributed by atoms with Gasteiger partial charge in [0.05, 0.1) is 18.5 Å². The van der Waals surface area contributed by atoms with Crippen molar-refractivity contribution in [3.63, 3.8) is 0 Å². The van der Waals surface area contributed by atoms with Gasteiger partial charge < -0.3 is 15.5 Å². The van der Waals surface area contributed by atoms with Gasteiger partial charge in [-0.05, 0) is 19.1 Å². The molecule has 1 aromatic heterocycles. The van der Waals surface area contributed by atoms with E-state index in [1.165, 1.54) is 17.6 Å². The van der Waals surface area contributed by atoms with Gasteiger partial charge in [0.15, 0.2) is 11.4 Å². The maximum Gasteiger partial charge on any atom is 0.297 e. The molecular weight excluding hydrogens is 321 g/mol. The molecule has 2 aromatic rings. The number of halogens is 1. The number of aliphatic hydroxyl groups excluding tert-OH is 1. The molecule has 0 aliphatic rings. The Kier molecular flexibility index (Phi) is 7.27. The third kappa shape index (κ3) is 5.00. The molecule has 0 saturated carbocycles. The summed E-state index contributed by atoms with van der Waals surface area (Å²) in [6, 6.07) is 6.40. The molecule has 0 spiro atoms. The number of nitrogens with zero attached hydrogens (tertiary/aromatic N) is 1. The van der Waals surface area contributed by atoms with Crippen molar-refractivity contribution in [2.45, 2.75) is 13.5 Å². The molecule has 0 radical (unpaired) electrons. The highest BCUT2D eigenvalue weighted by molar-refractivity contribution is 5.95. The second-order valence-electron chi connectivity index (χ2n) is 4.50. The molecule has 0 aliphatic carbocycles. The number of nitrogens with one attached hydrogen (secondary N) is 2. The summed E-state index contributed by atoms with van der Waals surface area (Å²) in [4.78, 5) is 24.7. The Bertz CT molecular complexity index is 686. The number of anilines is 1. The Labute approximate surface area is 136 Å². The molecule has 24 heavy (non-hydrogen) atoms. The molecule has 8 nitrogen and oxygen atoms in total. The van der Waals surface area contributed by atoms with Crippen LogP contribution in [0.1, 0.15) is 21.6 Å². The fourth-order valence-electron chi connectivity index (χ4n) is 1.64. The van der Waals surface area contributed by atoms with Crippen LogP contribution in [0.2, 0.25) is 0 Å². The van der Waals surface area contributed by atoms with Crippen LogP contribution in [0.15, 0.2) is 30.5 Å². The topological polar surface area (TPSA) is 132 Å². The van der Waals surface area contributed by atoms with Crippen molar-refractivity contribution in [1.29, 1.82) is 0 Å². The Balaban J connectivity index is 0.000000300. The largest absolute Gasteiger partial charge is 0.505 e. The number of carbonyl (C=O) groups is 2. The zero-order valence-corrected chi connectivity index (χ0v) is 12.7. The van der Waals surface area contributed by atoms with E-state index >= 15 is 0 Å². The van der Waals surface area contributed by atoms with Crippen molar-refractivity contribution in [2.24, 2.45) is 0 Å². The Morgan fingerprint density at radius 3 is 2.42 bits per heavy atom. The quantitative estimate of drug-likeness (QED) is 0.322. The number of carbonyl (C=O) groups excluding carboxylic acids is 2. The van der Waals surface area contributed by atoms with Crippen molar-refractivity contribution in [3.05, 3.63) is 53.1 Å². The number of amides is 2. The highest BCUT2D eigenvalue weighted by Gasteiger charge is 2.18. The van der Waals surface area contributed by atoms with Crippen molar-refractivity contribution < 1.29 is 29.4 Å². The highest BCUT2D eigenvalue weighted by Crippen LogP contribution is 2.27. The molecule has 0 unspecified atom stereocenters. The van der Waals surface area contributed by atoms with E-state index in [9.17, 15) is 19.1 Å². The highest BCUT2D eigenvalue weighted by atomic mass is 19.1. The smallest absolute Gasteiger partial charge is 0.297 e. The van der Waals surface area contributed by atoms with Gasteiger partial charge in [0.1, 0.15) is 5.82 Å². The van der Waals surface area contributed by atoms with Crippen LogP contribution >= 0.6 is 0 Å². The number of hydrogen-bond donors (Lipinski definition) is 5. The lowest BCUT2D eigenvalue weighted by atomic mass is 10.1. The Morgan fingerprint density at radius 2 is 1.96 bits per heavy atom. The number of pyridine rings is 1. The molecule has 9 heteroatoms. The van der Waals surface area contributed by atoms with Gasteiger partial charge in [0, 0.05) is 5.56 Å². The van der Waals surface area contributed by atoms with Gasteiger partial charge in [0.25, 0.3) is 5.91 Å². The number of aryl methyl sites for hydroxylation is 1. The minimum Gasteiger partial charge on any atom is -0.505 e. The average Bonchev–Trinajstić information content (AvgIpc) is 2.58. The fraction of sp³-hybridized carbons (Fsp3) is 0.133. The van der Waals surface area contributed by atoms with E-state index in [4.69, 9.17) is 10.3 Å². The number of aromatic nitrogens is 1. The van der Waals surface area contributed by atoms with Crippen LogP contribution < -0.4 is 10.8 Å². The molecular formula is C15H16FN3O5. The molecule has 2 rings (SSSR count). The number of aliphatic hydroxyl groups is 1. The lowest BCUT2D eigenvalue weighted by molar-refractivity contribution is -0.105. The summed E-state index contributed by atoms with van der Waals surface area (Å²) in [6.07, 6.45) is 1.41. The summed E-state index contributed by atoms with van der Waals surface area (Å²) in [5.74, 6) is -1.80. The normalized spacial score (nSPS) is 9.50. The minimum absolute atomic E-state index is 0.0688. The maximum atomic E-state index is 12.1. The van der Waals surface area contributed by atoms with Crippen LogP contribution in [0.25, 0.3) is 0 Å². The second kappa shape index (κ2) is 9.18. The van der Waals surface area contributed by atoms with E-state index < -0.39 is 24.0 Å². The third-order valence-electron chi connectivity index (χ3n) is 2.86. The SMILES string of the molecule is Cc1ccc(F)cc1.O=CNc1cnc(C(=O)NO)c(O)c1CO. The second-order valence-corrected chi connectivity index (χ2v) is 4.50. The Morgan fingerprint density at radius 1 is 1.33 bits per heavy atom. The molecule has 1 aromatic carbocycles. The third-order valence-corrected chi connectivity index (χ3v) is 2.86. The standard InChI is InChI=1S/C8H9N3O5.C7H7F/c12-2-4-5(10-3-13)1-9-6(7(4)14)8(15)11-16;1-6-2-4-7(8)5-3-6/h1,3,12,14,16H,2H2,(H,10,13)(H,11,15);2-5H,1H3. The molecule has 2 amide bonds. The zero-order chi connectivity index (χ0) is 18.1. The molecule has 0 fully saturated rings. The van der Waals surface area contributed by atoms with Crippen LogP contribution in [0.4, 0.5) is 10.1 Å². The van der Waals surface area contributed by atoms with Gasteiger partial charge in [-0.25, -0.2) is 14.9 Å². The number of aromatic hydroxyl groups is 1. The van der Waals surface area contributed by atoms with E-state index in [1.807, 2.05) is 6.92 Å². The molecule has 0 aliphatic heterocycles. The van der Waals surface area contributed by atoms with E-state index in [0.717, 1.165) is 11.8 Å². The van der Waals surface area contributed by atoms with Crippen molar-refractivity contribution in [2.75, 3.05) is 5.32 Å². The molecule has 0 bridgehead atoms. The summed E-state index contributed by atoms with van der Waals surface area (Å²) in [5, 5.41) is 29.1.